The van der Waals surface area contributed by atoms with Gasteiger partial charge in [0.1, 0.15) is 5.75 Å². The van der Waals surface area contributed by atoms with Gasteiger partial charge in [-0.25, -0.2) is 0 Å². The van der Waals surface area contributed by atoms with Gasteiger partial charge in [0.05, 0.1) is 6.61 Å². The molecular weight excluding hydrogens is 206 g/mol. The molecule has 60 valence electrons. The maximum Gasteiger partial charge on any atom is 0.119 e. The van der Waals surface area contributed by atoms with E-state index in [0.717, 1.165) is 16.8 Å². The Bertz CT molecular complexity index is 210. The summed E-state index contributed by atoms with van der Waals surface area (Å²) < 4.78 is 5.31. The molecule has 0 fully saturated rings. The number of halogens is 1. The maximum atomic E-state index is 5.49. The van der Waals surface area contributed by atoms with Crippen molar-refractivity contribution in [3.63, 3.8) is 0 Å². The average Bonchev–Trinajstić information content (AvgIpc) is 2.04. The molecule has 11 heavy (non-hydrogen) atoms. The zero-order valence-electron chi connectivity index (χ0n) is 6.09. The second-order valence-electron chi connectivity index (χ2n) is 2.11. The Labute approximate surface area is 74.5 Å². The van der Waals surface area contributed by atoms with Gasteiger partial charge in [0.2, 0.25) is 0 Å². The minimum atomic E-state index is 0.684. The van der Waals surface area contributed by atoms with Crippen molar-refractivity contribution in [1.82, 2.24) is 0 Å². The fourth-order valence-corrected chi connectivity index (χ4v) is 0.882. The number of rotatable bonds is 3. The smallest absolute Gasteiger partial charge is 0.119 e. The summed E-state index contributed by atoms with van der Waals surface area (Å²) in [5, 5.41) is 0.845. The van der Waals surface area contributed by atoms with Crippen molar-refractivity contribution in [2.45, 2.75) is 0 Å². The number of anilines is 1. The van der Waals surface area contributed by atoms with Crippen LogP contribution in [0.25, 0.3) is 0 Å². The van der Waals surface area contributed by atoms with Crippen LogP contribution in [-0.4, -0.2) is 11.9 Å². The Morgan fingerprint density at radius 3 is 2.45 bits per heavy atom. The summed E-state index contributed by atoms with van der Waals surface area (Å²) >= 11 is 3.27. The van der Waals surface area contributed by atoms with E-state index in [2.05, 4.69) is 15.9 Å². The molecule has 0 saturated heterocycles. The Kier molecular flexibility index (Phi) is 3.23. The number of alkyl halides is 1. The predicted molar refractivity (Wildman–Crippen MR) is 50.1 cm³/mol. The number of benzene rings is 1. The monoisotopic (exact) mass is 215 g/mol. The number of nitrogens with two attached hydrogens (primary N) is 1. The molecule has 0 spiro atoms. The third kappa shape index (κ3) is 2.80. The maximum absolute atomic E-state index is 5.49. The molecule has 2 nitrogen and oxygen atoms in total. The molecule has 1 aromatic carbocycles. The third-order valence-electron chi connectivity index (χ3n) is 1.23. The van der Waals surface area contributed by atoms with Crippen LogP contribution in [0.5, 0.6) is 5.75 Å². The van der Waals surface area contributed by atoms with E-state index < -0.39 is 0 Å². The van der Waals surface area contributed by atoms with E-state index in [1.165, 1.54) is 0 Å². The fraction of sp³-hybridized carbons (Fsp3) is 0.250. The van der Waals surface area contributed by atoms with Crippen molar-refractivity contribution in [3.8, 4) is 5.75 Å². The van der Waals surface area contributed by atoms with E-state index in [-0.39, 0.29) is 0 Å². The Morgan fingerprint density at radius 2 is 1.91 bits per heavy atom. The van der Waals surface area contributed by atoms with Crippen molar-refractivity contribution >= 4 is 21.6 Å². The molecule has 0 aromatic heterocycles. The molecule has 0 unspecified atom stereocenters. The van der Waals surface area contributed by atoms with Gasteiger partial charge in [-0.3, -0.25) is 0 Å². The highest BCUT2D eigenvalue weighted by Gasteiger charge is 1.90. The molecule has 0 aliphatic heterocycles. The van der Waals surface area contributed by atoms with Crippen LogP contribution < -0.4 is 10.5 Å². The molecule has 1 rings (SSSR count). The Hall–Kier alpha value is -0.700. The largest absolute Gasteiger partial charge is 0.493 e. The molecule has 2 N–H and O–H groups in total. The molecule has 0 saturated carbocycles. The topological polar surface area (TPSA) is 35.2 Å². The number of hydrogen-bond acceptors (Lipinski definition) is 2. The summed E-state index contributed by atoms with van der Waals surface area (Å²) in [5.74, 6) is 0.860. The molecule has 0 aliphatic carbocycles. The first-order valence-electron chi connectivity index (χ1n) is 3.37. The highest BCUT2D eigenvalue weighted by atomic mass is 79.9. The van der Waals surface area contributed by atoms with E-state index >= 15 is 0 Å². The minimum Gasteiger partial charge on any atom is -0.493 e. The van der Waals surface area contributed by atoms with Gasteiger partial charge in [-0.1, -0.05) is 15.9 Å². The van der Waals surface area contributed by atoms with E-state index in [4.69, 9.17) is 10.5 Å². The minimum absolute atomic E-state index is 0.684. The van der Waals surface area contributed by atoms with Crippen molar-refractivity contribution < 1.29 is 4.74 Å². The van der Waals surface area contributed by atoms with Gasteiger partial charge >= 0.3 is 0 Å². The van der Waals surface area contributed by atoms with Crippen molar-refractivity contribution in [3.05, 3.63) is 24.3 Å². The zero-order valence-corrected chi connectivity index (χ0v) is 7.67. The van der Waals surface area contributed by atoms with Crippen molar-refractivity contribution in [1.29, 1.82) is 0 Å². The van der Waals surface area contributed by atoms with Crippen LogP contribution in [0.4, 0.5) is 5.69 Å². The molecule has 0 amide bonds. The average molecular weight is 216 g/mol. The lowest BCUT2D eigenvalue weighted by Crippen LogP contribution is -1.97. The van der Waals surface area contributed by atoms with Gasteiger partial charge in [0.25, 0.3) is 0 Å². The van der Waals surface area contributed by atoms with Gasteiger partial charge in [-0.15, -0.1) is 0 Å². The summed E-state index contributed by atoms with van der Waals surface area (Å²) in [6, 6.07) is 7.36. The molecule has 0 heterocycles. The molecule has 0 bridgehead atoms. The molecule has 0 atom stereocenters. The van der Waals surface area contributed by atoms with E-state index in [1.54, 1.807) is 0 Å². The Morgan fingerprint density at radius 1 is 1.27 bits per heavy atom. The van der Waals surface area contributed by atoms with Gasteiger partial charge in [0.15, 0.2) is 0 Å². The van der Waals surface area contributed by atoms with Gasteiger partial charge < -0.3 is 10.5 Å². The van der Waals surface area contributed by atoms with E-state index in [9.17, 15) is 0 Å². The molecular formula is C8H10BrNO. The molecule has 1 aromatic rings. The van der Waals surface area contributed by atoms with Crippen LogP contribution >= 0.6 is 15.9 Å². The lowest BCUT2D eigenvalue weighted by molar-refractivity contribution is 0.345. The third-order valence-corrected chi connectivity index (χ3v) is 1.55. The quantitative estimate of drug-likeness (QED) is 0.619. The summed E-state index contributed by atoms with van der Waals surface area (Å²) in [6.07, 6.45) is 0. The number of nitrogen functional groups attached to an aromatic ring is 1. The van der Waals surface area contributed by atoms with Gasteiger partial charge in [-0.2, -0.15) is 0 Å². The van der Waals surface area contributed by atoms with Gasteiger partial charge in [0, 0.05) is 11.0 Å². The zero-order chi connectivity index (χ0) is 8.10. The van der Waals surface area contributed by atoms with Crippen LogP contribution in [0.1, 0.15) is 0 Å². The van der Waals surface area contributed by atoms with Gasteiger partial charge in [-0.05, 0) is 24.3 Å². The highest BCUT2D eigenvalue weighted by Crippen LogP contribution is 2.12. The van der Waals surface area contributed by atoms with Crippen molar-refractivity contribution in [2.24, 2.45) is 0 Å². The molecule has 3 heteroatoms. The SMILES string of the molecule is Nc1ccc(OCCBr)cc1. The Balaban J connectivity index is 2.52. The van der Waals surface area contributed by atoms with Crippen molar-refractivity contribution in [2.75, 3.05) is 17.7 Å². The van der Waals surface area contributed by atoms with Crippen LogP contribution in [-0.2, 0) is 0 Å². The summed E-state index contributed by atoms with van der Waals surface area (Å²) in [4.78, 5) is 0. The summed E-state index contributed by atoms with van der Waals surface area (Å²) in [5.41, 5.74) is 6.25. The second kappa shape index (κ2) is 4.23. The summed E-state index contributed by atoms with van der Waals surface area (Å²) in [7, 11) is 0. The van der Waals surface area contributed by atoms with E-state index in [0.29, 0.717) is 6.61 Å². The first kappa shape index (κ1) is 8.40. The molecule has 0 aliphatic rings. The van der Waals surface area contributed by atoms with Crippen LogP contribution in [0.2, 0.25) is 0 Å². The lowest BCUT2D eigenvalue weighted by atomic mass is 10.3. The van der Waals surface area contributed by atoms with Crippen LogP contribution in [0.15, 0.2) is 24.3 Å². The fourth-order valence-electron chi connectivity index (χ4n) is 0.720. The molecule has 0 radical (unpaired) electrons. The number of ether oxygens (including phenoxy) is 1. The van der Waals surface area contributed by atoms with Crippen LogP contribution in [0.3, 0.4) is 0 Å². The number of hydrogen-bond donors (Lipinski definition) is 1. The van der Waals surface area contributed by atoms with E-state index in [1.807, 2.05) is 24.3 Å². The normalized spacial score (nSPS) is 9.55. The predicted octanol–water partition coefficient (Wildman–Crippen LogP) is 2.04. The highest BCUT2D eigenvalue weighted by molar-refractivity contribution is 9.09. The standard InChI is InChI=1S/C8H10BrNO/c9-5-6-11-8-3-1-7(10)2-4-8/h1-4H,5-6,10H2. The second-order valence-corrected chi connectivity index (χ2v) is 2.90. The lowest BCUT2D eigenvalue weighted by Gasteiger charge is -2.02. The first-order valence-corrected chi connectivity index (χ1v) is 4.49. The van der Waals surface area contributed by atoms with Crippen LogP contribution in [0, 0.1) is 0 Å². The summed E-state index contributed by atoms with van der Waals surface area (Å²) in [6.45, 7) is 0.684. The first-order chi connectivity index (χ1) is 5.33.